The van der Waals surface area contributed by atoms with Crippen molar-refractivity contribution in [2.24, 2.45) is 5.92 Å². The van der Waals surface area contributed by atoms with E-state index in [-0.39, 0.29) is 28.9 Å². The van der Waals surface area contributed by atoms with Crippen molar-refractivity contribution in [3.63, 3.8) is 0 Å². The molecule has 1 heterocycles. The lowest BCUT2D eigenvalue weighted by Crippen LogP contribution is -2.49. The second-order valence-corrected chi connectivity index (χ2v) is 9.02. The molecule has 1 aliphatic heterocycles. The molecule has 2 fully saturated rings. The quantitative estimate of drug-likeness (QED) is 0.869. The fourth-order valence-corrected chi connectivity index (χ4v) is 5.96. The summed E-state index contributed by atoms with van der Waals surface area (Å²) in [6.45, 7) is 4.12. The predicted octanol–water partition coefficient (Wildman–Crippen LogP) is 2.02. The maximum atomic E-state index is 13.4. The molecule has 1 aliphatic carbocycles. The van der Waals surface area contributed by atoms with Gasteiger partial charge in [-0.2, -0.15) is 4.31 Å². The summed E-state index contributed by atoms with van der Waals surface area (Å²) in [5.41, 5.74) is 0.966. The van der Waals surface area contributed by atoms with E-state index in [2.05, 4.69) is 5.32 Å². The van der Waals surface area contributed by atoms with E-state index in [1.54, 1.807) is 31.2 Å². The Morgan fingerprint density at radius 3 is 2.58 bits per heavy atom. The second kappa shape index (κ2) is 7.48. The van der Waals surface area contributed by atoms with E-state index in [1.165, 1.54) is 4.31 Å². The Morgan fingerprint density at radius 2 is 1.92 bits per heavy atom. The Bertz CT molecular complexity index is 788. The van der Waals surface area contributed by atoms with Crippen molar-refractivity contribution in [3.05, 3.63) is 29.8 Å². The summed E-state index contributed by atoms with van der Waals surface area (Å²) < 4.78 is 28.1. The number of hydrogen-bond acceptors (Lipinski definition) is 4. The van der Waals surface area contributed by atoms with Crippen LogP contribution in [0.25, 0.3) is 0 Å². The van der Waals surface area contributed by atoms with Gasteiger partial charge in [0.05, 0.1) is 4.90 Å². The molecule has 1 saturated carbocycles. The third-order valence-corrected chi connectivity index (χ3v) is 7.36. The molecule has 0 unspecified atom stereocenters. The van der Waals surface area contributed by atoms with Gasteiger partial charge in [-0.1, -0.05) is 24.1 Å². The SMILES string of the molecule is CCNC(=O)[C@@H]1C[C@@H]2C(=O)CCCC[C@@H]2N1S(=O)(=O)c1ccc(C)cc1. The van der Waals surface area contributed by atoms with Gasteiger partial charge in [0.2, 0.25) is 15.9 Å². The monoisotopic (exact) mass is 378 g/mol. The molecule has 0 bridgehead atoms. The molecule has 2 aliphatic rings. The zero-order valence-corrected chi connectivity index (χ0v) is 16.1. The van der Waals surface area contributed by atoms with Crippen LogP contribution in [0.15, 0.2) is 29.2 Å². The largest absolute Gasteiger partial charge is 0.355 e. The molecule has 1 amide bonds. The topological polar surface area (TPSA) is 83.6 Å². The number of likely N-dealkylation sites (N-methyl/N-ethyl adjacent to an activating group) is 1. The van der Waals surface area contributed by atoms with Crippen LogP contribution in [0.5, 0.6) is 0 Å². The number of aryl methyl sites for hydroxylation is 1. The van der Waals surface area contributed by atoms with E-state index in [0.717, 1.165) is 18.4 Å². The number of nitrogens with zero attached hydrogens (tertiary/aromatic N) is 1. The van der Waals surface area contributed by atoms with E-state index >= 15 is 0 Å². The van der Waals surface area contributed by atoms with Crippen LogP contribution in [0, 0.1) is 12.8 Å². The zero-order chi connectivity index (χ0) is 18.9. The van der Waals surface area contributed by atoms with Gasteiger partial charge in [-0.3, -0.25) is 9.59 Å². The van der Waals surface area contributed by atoms with Gasteiger partial charge >= 0.3 is 0 Å². The molecule has 3 rings (SSSR count). The molecular formula is C19H26N2O4S. The standard InChI is InChI=1S/C19H26N2O4S/c1-3-20-19(23)17-12-15-16(6-4-5-7-18(15)22)21(17)26(24,25)14-10-8-13(2)9-11-14/h8-11,15-17H,3-7,12H2,1-2H3,(H,20,23)/t15-,16-,17-/m0/s1. The summed E-state index contributed by atoms with van der Waals surface area (Å²) in [4.78, 5) is 25.3. The van der Waals surface area contributed by atoms with Gasteiger partial charge in [0, 0.05) is 24.9 Å². The number of fused-ring (bicyclic) bond motifs is 1. The highest BCUT2D eigenvalue weighted by molar-refractivity contribution is 7.89. The number of carbonyl (C=O) groups excluding carboxylic acids is 2. The minimum absolute atomic E-state index is 0.0865. The van der Waals surface area contributed by atoms with E-state index < -0.39 is 22.1 Å². The van der Waals surface area contributed by atoms with Crippen molar-refractivity contribution in [2.75, 3.05) is 6.54 Å². The summed E-state index contributed by atoms with van der Waals surface area (Å²) in [5.74, 6) is -0.613. The molecule has 1 aromatic carbocycles. The average molecular weight is 378 g/mol. The maximum absolute atomic E-state index is 13.4. The number of ketones is 1. The van der Waals surface area contributed by atoms with Crippen molar-refractivity contribution >= 4 is 21.7 Å². The Morgan fingerprint density at radius 1 is 1.23 bits per heavy atom. The van der Waals surface area contributed by atoms with Gasteiger partial charge < -0.3 is 5.32 Å². The smallest absolute Gasteiger partial charge is 0.244 e. The maximum Gasteiger partial charge on any atom is 0.244 e. The van der Waals surface area contributed by atoms with Crippen molar-refractivity contribution in [3.8, 4) is 0 Å². The van der Waals surface area contributed by atoms with Crippen LogP contribution in [0.4, 0.5) is 0 Å². The van der Waals surface area contributed by atoms with Crippen LogP contribution >= 0.6 is 0 Å². The fourth-order valence-electron chi connectivity index (χ4n) is 4.11. The molecule has 7 heteroatoms. The van der Waals surface area contributed by atoms with Crippen LogP contribution in [-0.2, 0) is 19.6 Å². The predicted molar refractivity (Wildman–Crippen MR) is 98.0 cm³/mol. The summed E-state index contributed by atoms with van der Waals surface area (Å²) >= 11 is 0. The molecular weight excluding hydrogens is 352 g/mol. The number of sulfonamides is 1. The number of hydrogen-bond donors (Lipinski definition) is 1. The van der Waals surface area contributed by atoms with E-state index in [9.17, 15) is 18.0 Å². The van der Waals surface area contributed by atoms with Crippen molar-refractivity contribution in [1.29, 1.82) is 0 Å². The number of rotatable bonds is 4. The molecule has 3 atom stereocenters. The molecule has 1 aromatic rings. The molecule has 26 heavy (non-hydrogen) atoms. The first-order valence-corrected chi connectivity index (χ1v) is 10.7. The van der Waals surface area contributed by atoms with Crippen LogP contribution in [-0.4, -0.2) is 43.0 Å². The molecule has 1 N–H and O–H groups in total. The van der Waals surface area contributed by atoms with Crippen LogP contribution < -0.4 is 5.32 Å². The molecule has 142 valence electrons. The number of Topliss-reactive ketones (excluding diaryl/α,β-unsaturated/α-hetero) is 1. The Kier molecular flexibility index (Phi) is 5.48. The number of nitrogens with one attached hydrogen (secondary N) is 1. The first kappa shape index (κ1) is 19.0. The minimum Gasteiger partial charge on any atom is -0.355 e. The van der Waals surface area contributed by atoms with Crippen molar-refractivity contribution in [2.45, 2.75) is 62.9 Å². The second-order valence-electron chi connectivity index (χ2n) is 7.18. The zero-order valence-electron chi connectivity index (χ0n) is 15.3. The fraction of sp³-hybridized carbons (Fsp3) is 0.579. The van der Waals surface area contributed by atoms with Crippen LogP contribution in [0.1, 0.15) is 44.6 Å². The van der Waals surface area contributed by atoms with Gasteiger partial charge in [-0.15, -0.1) is 0 Å². The molecule has 0 spiro atoms. The molecule has 0 aromatic heterocycles. The lowest BCUT2D eigenvalue weighted by molar-refractivity contribution is -0.124. The third kappa shape index (κ3) is 3.42. The first-order valence-electron chi connectivity index (χ1n) is 9.27. The van der Waals surface area contributed by atoms with Crippen LogP contribution in [0.2, 0.25) is 0 Å². The van der Waals surface area contributed by atoms with Gasteiger partial charge in [0.15, 0.2) is 0 Å². The number of carbonyl (C=O) groups is 2. The van der Waals surface area contributed by atoms with E-state index in [4.69, 9.17) is 0 Å². The third-order valence-electron chi connectivity index (χ3n) is 5.41. The summed E-state index contributed by atoms with van der Waals surface area (Å²) in [5, 5.41) is 2.73. The van der Waals surface area contributed by atoms with Gasteiger partial charge in [0.1, 0.15) is 11.8 Å². The summed E-state index contributed by atoms with van der Waals surface area (Å²) in [7, 11) is -3.86. The first-order chi connectivity index (χ1) is 12.4. The Balaban J connectivity index is 2.04. The van der Waals surface area contributed by atoms with Gasteiger partial charge in [-0.05, 0) is 45.2 Å². The number of benzene rings is 1. The molecule has 0 radical (unpaired) electrons. The highest BCUT2D eigenvalue weighted by atomic mass is 32.2. The molecule has 6 nitrogen and oxygen atoms in total. The normalized spacial score (nSPS) is 27.0. The Labute approximate surface area is 155 Å². The molecule has 1 saturated heterocycles. The highest BCUT2D eigenvalue weighted by Gasteiger charge is 2.52. The van der Waals surface area contributed by atoms with Crippen molar-refractivity contribution < 1.29 is 18.0 Å². The van der Waals surface area contributed by atoms with Gasteiger partial charge in [0.25, 0.3) is 0 Å². The van der Waals surface area contributed by atoms with E-state index in [1.807, 2.05) is 6.92 Å². The highest BCUT2D eigenvalue weighted by Crippen LogP contribution is 2.40. The summed E-state index contributed by atoms with van der Waals surface area (Å²) in [6.07, 6.45) is 2.96. The number of amides is 1. The van der Waals surface area contributed by atoms with Gasteiger partial charge in [-0.25, -0.2) is 8.42 Å². The average Bonchev–Trinajstić information content (AvgIpc) is 2.91. The lowest BCUT2D eigenvalue weighted by atomic mass is 9.93. The van der Waals surface area contributed by atoms with Crippen molar-refractivity contribution in [1.82, 2.24) is 9.62 Å². The minimum atomic E-state index is -3.86. The van der Waals surface area contributed by atoms with E-state index in [0.29, 0.717) is 19.4 Å². The summed E-state index contributed by atoms with van der Waals surface area (Å²) in [6, 6.07) is 5.40. The Hall–Kier alpha value is -1.73. The van der Waals surface area contributed by atoms with Crippen LogP contribution in [0.3, 0.4) is 0 Å². The lowest BCUT2D eigenvalue weighted by Gasteiger charge is -2.29.